The molecule has 1 N–H and O–H groups in total. The van der Waals surface area contributed by atoms with Gasteiger partial charge in [-0.05, 0) is 6.07 Å². The molecule has 1 radical (unpaired) electrons. The summed E-state index contributed by atoms with van der Waals surface area (Å²) in [6, 6.07) is 9.24. The first-order chi connectivity index (χ1) is 5.75. The van der Waals surface area contributed by atoms with Crippen molar-refractivity contribution in [3.8, 4) is 0 Å². The zero-order valence-electron chi connectivity index (χ0n) is 6.63. The Balaban J connectivity index is 2.86. The Morgan fingerprint density at radius 3 is 2.67 bits per heavy atom. The number of Topliss-reactive ketones (excluding diaryl/α,β-unsaturated/α-hetero) is 1. The largest absolute Gasteiger partial charge is 0.352 e. The Kier molecular flexibility index (Phi) is 2.58. The molecular formula is C9H8NO2. The van der Waals surface area contributed by atoms with E-state index in [4.69, 9.17) is 0 Å². The molecule has 0 spiro atoms. The van der Waals surface area contributed by atoms with Crippen LogP contribution in [0.4, 0.5) is 0 Å². The van der Waals surface area contributed by atoms with Crippen LogP contribution in [0.25, 0.3) is 0 Å². The molecule has 3 nitrogen and oxygen atoms in total. The molecule has 0 bridgehead atoms. The first-order valence-corrected chi connectivity index (χ1v) is 3.49. The minimum absolute atomic E-state index is 0.289. The standard InChI is InChI=1S/C9H8NO2/c1-10-9(12)8(11)7-5-3-2-4-6-7/h2-5H,1H3,(H,10,12). The molecule has 61 valence electrons. The molecule has 1 rings (SSSR count). The van der Waals surface area contributed by atoms with Gasteiger partial charge in [-0.2, -0.15) is 0 Å². The molecule has 0 aromatic heterocycles. The van der Waals surface area contributed by atoms with Crippen LogP contribution >= 0.6 is 0 Å². The lowest BCUT2D eigenvalue weighted by molar-refractivity contribution is -0.116. The monoisotopic (exact) mass is 162 g/mol. The van der Waals surface area contributed by atoms with E-state index in [2.05, 4.69) is 11.4 Å². The minimum Gasteiger partial charge on any atom is -0.352 e. The first kappa shape index (κ1) is 8.46. The Bertz CT molecular complexity index is 293. The normalized spacial score (nSPS) is 9.08. The van der Waals surface area contributed by atoms with Crippen molar-refractivity contribution in [2.45, 2.75) is 0 Å². The number of hydrogen-bond acceptors (Lipinski definition) is 2. The Labute approximate surface area is 70.4 Å². The fourth-order valence-electron chi connectivity index (χ4n) is 0.770. The van der Waals surface area contributed by atoms with Crippen LogP contribution in [0, 0.1) is 6.07 Å². The molecule has 0 aliphatic rings. The Hall–Kier alpha value is -1.64. The number of nitrogens with one attached hydrogen (secondary N) is 1. The third-order valence-electron chi connectivity index (χ3n) is 1.39. The maximum Gasteiger partial charge on any atom is 0.292 e. The maximum atomic E-state index is 11.1. The van der Waals surface area contributed by atoms with Crippen LogP contribution in [-0.2, 0) is 4.79 Å². The van der Waals surface area contributed by atoms with Gasteiger partial charge in [-0.25, -0.2) is 0 Å². The summed E-state index contributed by atoms with van der Waals surface area (Å²) in [6.07, 6.45) is 0. The van der Waals surface area contributed by atoms with Gasteiger partial charge in [-0.1, -0.05) is 24.3 Å². The van der Waals surface area contributed by atoms with E-state index in [9.17, 15) is 9.59 Å². The molecule has 3 heteroatoms. The maximum absolute atomic E-state index is 11.1. The summed E-state index contributed by atoms with van der Waals surface area (Å²) in [5.74, 6) is -1.17. The SMILES string of the molecule is CNC(=O)C(=O)c1[c]cccc1. The van der Waals surface area contributed by atoms with Crippen LogP contribution < -0.4 is 5.32 Å². The van der Waals surface area contributed by atoms with Gasteiger partial charge < -0.3 is 5.32 Å². The van der Waals surface area contributed by atoms with Crippen LogP contribution in [0.3, 0.4) is 0 Å². The summed E-state index contributed by atoms with van der Waals surface area (Å²) in [5, 5.41) is 2.25. The van der Waals surface area contributed by atoms with Gasteiger partial charge in [-0.15, -0.1) is 0 Å². The van der Waals surface area contributed by atoms with Gasteiger partial charge in [0.05, 0.1) is 0 Å². The third kappa shape index (κ3) is 1.69. The first-order valence-electron chi connectivity index (χ1n) is 3.49. The van der Waals surface area contributed by atoms with E-state index < -0.39 is 11.7 Å². The predicted molar refractivity (Wildman–Crippen MR) is 43.7 cm³/mol. The van der Waals surface area contributed by atoms with Crippen LogP contribution in [0.15, 0.2) is 24.3 Å². The average molecular weight is 162 g/mol. The molecule has 0 saturated heterocycles. The second kappa shape index (κ2) is 3.67. The lowest BCUT2D eigenvalue weighted by Crippen LogP contribution is -2.27. The third-order valence-corrected chi connectivity index (χ3v) is 1.39. The lowest BCUT2D eigenvalue weighted by Gasteiger charge is -1.96. The van der Waals surface area contributed by atoms with E-state index in [1.807, 2.05) is 0 Å². The van der Waals surface area contributed by atoms with E-state index in [1.54, 1.807) is 24.3 Å². The Morgan fingerprint density at radius 2 is 2.17 bits per heavy atom. The molecule has 0 fully saturated rings. The van der Waals surface area contributed by atoms with Crippen LogP contribution in [0.5, 0.6) is 0 Å². The summed E-state index contributed by atoms with van der Waals surface area (Å²) in [7, 11) is 1.42. The van der Waals surface area contributed by atoms with Crippen LogP contribution in [0.2, 0.25) is 0 Å². The summed E-state index contributed by atoms with van der Waals surface area (Å²) in [4.78, 5) is 22.0. The number of carbonyl (C=O) groups is 2. The quantitative estimate of drug-likeness (QED) is 0.506. The second-order valence-electron chi connectivity index (χ2n) is 2.18. The molecule has 0 aliphatic carbocycles. The van der Waals surface area contributed by atoms with E-state index in [1.165, 1.54) is 7.05 Å². The van der Waals surface area contributed by atoms with Crippen LogP contribution in [0.1, 0.15) is 10.4 Å². The average Bonchev–Trinajstić information content (AvgIpc) is 2.17. The van der Waals surface area contributed by atoms with Crippen molar-refractivity contribution in [1.82, 2.24) is 5.32 Å². The van der Waals surface area contributed by atoms with Gasteiger partial charge in [0.1, 0.15) is 0 Å². The molecule has 0 unspecified atom stereocenters. The molecule has 0 atom stereocenters. The van der Waals surface area contributed by atoms with Gasteiger partial charge >= 0.3 is 0 Å². The van der Waals surface area contributed by atoms with Crippen molar-refractivity contribution in [2.75, 3.05) is 7.05 Å². The van der Waals surface area contributed by atoms with Gasteiger partial charge in [0, 0.05) is 12.6 Å². The molecular weight excluding hydrogens is 154 g/mol. The topological polar surface area (TPSA) is 46.2 Å². The highest BCUT2D eigenvalue weighted by molar-refractivity contribution is 6.42. The van der Waals surface area contributed by atoms with E-state index in [0.29, 0.717) is 0 Å². The number of likely N-dealkylation sites (N-methyl/N-ethyl adjacent to an activating group) is 1. The van der Waals surface area contributed by atoms with Gasteiger partial charge in [-0.3, -0.25) is 9.59 Å². The minimum atomic E-state index is -0.613. The fourth-order valence-corrected chi connectivity index (χ4v) is 0.770. The summed E-state index contributed by atoms with van der Waals surface area (Å²) < 4.78 is 0. The number of rotatable bonds is 2. The molecule has 1 aromatic carbocycles. The van der Waals surface area contributed by atoms with Crippen molar-refractivity contribution in [2.24, 2.45) is 0 Å². The van der Waals surface area contributed by atoms with Gasteiger partial charge in [0.25, 0.3) is 11.7 Å². The van der Waals surface area contributed by atoms with Gasteiger partial charge in [0.2, 0.25) is 0 Å². The molecule has 1 aromatic rings. The Morgan fingerprint density at radius 1 is 1.42 bits per heavy atom. The number of carbonyl (C=O) groups excluding carboxylic acids is 2. The van der Waals surface area contributed by atoms with Crippen molar-refractivity contribution in [3.05, 3.63) is 35.9 Å². The number of hydrogen-bond donors (Lipinski definition) is 1. The van der Waals surface area contributed by atoms with Crippen molar-refractivity contribution in [3.63, 3.8) is 0 Å². The highest BCUT2D eigenvalue weighted by Gasteiger charge is 2.12. The molecule has 12 heavy (non-hydrogen) atoms. The second-order valence-corrected chi connectivity index (χ2v) is 2.18. The number of amides is 1. The summed E-state index contributed by atoms with van der Waals surface area (Å²) in [6.45, 7) is 0. The molecule has 0 aliphatic heterocycles. The van der Waals surface area contributed by atoms with Crippen molar-refractivity contribution < 1.29 is 9.59 Å². The summed E-state index contributed by atoms with van der Waals surface area (Å²) >= 11 is 0. The highest BCUT2D eigenvalue weighted by Crippen LogP contribution is 1.98. The molecule has 0 heterocycles. The molecule has 0 saturated carbocycles. The van der Waals surface area contributed by atoms with Gasteiger partial charge in [0.15, 0.2) is 0 Å². The summed E-state index contributed by atoms with van der Waals surface area (Å²) in [5.41, 5.74) is 0.289. The van der Waals surface area contributed by atoms with E-state index in [0.717, 1.165) is 0 Å². The van der Waals surface area contributed by atoms with E-state index in [-0.39, 0.29) is 5.56 Å². The van der Waals surface area contributed by atoms with Crippen molar-refractivity contribution >= 4 is 11.7 Å². The van der Waals surface area contributed by atoms with Crippen LogP contribution in [-0.4, -0.2) is 18.7 Å². The molecule has 1 amide bonds. The number of ketones is 1. The lowest BCUT2D eigenvalue weighted by atomic mass is 10.1. The fraction of sp³-hybridized carbons (Fsp3) is 0.111. The number of benzene rings is 1. The zero-order chi connectivity index (χ0) is 8.97. The van der Waals surface area contributed by atoms with Crippen molar-refractivity contribution in [1.29, 1.82) is 0 Å². The highest BCUT2D eigenvalue weighted by atomic mass is 16.2. The smallest absolute Gasteiger partial charge is 0.292 e. The van der Waals surface area contributed by atoms with E-state index >= 15 is 0 Å². The predicted octanol–water partition coefficient (Wildman–Crippen LogP) is 0.415. The zero-order valence-corrected chi connectivity index (χ0v) is 6.63.